The SMILES string of the molecule is COC(=O)/C=C/CC1(C)OCCO1. The third-order valence-corrected chi connectivity index (χ3v) is 1.84. The molecule has 0 aromatic heterocycles. The van der Waals surface area contributed by atoms with Crippen molar-refractivity contribution in [2.45, 2.75) is 19.1 Å². The van der Waals surface area contributed by atoms with Crippen LogP contribution in [0, 0.1) is 0 Å². The minimum absolute atomic E-state index is 0.360. The van der Waals surface area contributed by atoms with Crippen molar-refractivity contribution in [2.24, 2.45) is 0 Å². The van der Waals surface area contributed by atoms with Gasteiger partial charge in [0.2, 0.25) is 0 Å². The van der Waals surface area contributed by atoms with Gasteiger partial charge in [-0.3, -0.25) is 0 Å². The van der Waals surface area contributed by atoms with Gasteiger partial charge in [-0.2, -0.15) is 0 Å². The lowest BCUT2D eigenvalue weighted by Crippen LogP contribution is -2.24. The first kappa shape index (κ1) is 10.2. The zero-order chi connectivity index (χ0) is 9.73. The van der Waals surface area contributed by atoms with Crippen molar-refractivity contribution >= 4 is 5.97 Å². The van der Waals surface area contributed by atoms with Crippen LogP contribution in [0.4, 0.5) is 0 Å². The van der Waals surface area contributed by atoms with E-state index in [1.165, 1.54) is 13.2 Å². The molecule has 0 aliphatic carbocycles. The molecule has 0 bridgehead atoms. The van der Waals surface area contributed by atoms with Crippen LogP contribution in [-0.4, -0.2) is 32.1 Å². The molecule has 1 heterocycles. The Morgan fingerprint density at radius 2 is 2.15 bits per heavy atom. The van der Waals surface area contributed by atoms with Gasteiger partial charge in [0.05, 0.1) is 20.3 Å². The topological polar surface area (TPSA) is 44.8 Å². The Kier molecular flexibility index (Phi) is 3.45. The molecule has 1 fully saturated rings. The van der Waals surface area contributed by atoms with Gasteiger partial charge in [-0.25, -0.2) is 4.79 Å². The molecule has 1 aliphatic rings. The molecule has 0 unspecified atom stereocenters. The third kappa shape index (κ3) is 3.16. The fourth-order valence-electron chi connectivity index (χ4n) is 1.11. The largest absolute Gasteiger partial charge is 0.466 e. The molecule has 1 rings (SSSR count). The Morgan fingerprint density at radius 1 is 1.54 bits per heavy atom. The van der Waals surface area contributed by atoms with Crippen LogP contribution < -0.4 is 0 Å². The Balaban J connectivity index is 2.32. The Labute approximate surface area is 77.5 Å². The van der Waals surface area contributed by atoms with E-state index in [1.807, 2.05) is 6.92 Å². The summed E-state index contributed by atoms with van der Waals surface area (Å²) in [5.41, 5.74) is 0. The molecule has 0 aromatic carbocycles. The van der Waals surface area contributed by atoms with Gasteiger partial charge in [0.1, 0.15) is 0 Å². The second kappa shape index (κ2) is 4.39. The number of carbonyl (C=O) groups is 1. The molecule has 1 aliphatic heterocycles. The number of ether oxygens (including phenoxy) is 3. The molecule has 0 atom stereocenters. The average molecular weight is 186 g/mol. The van der Waals surface area contributed by atoms with Crippen LogP contribution in [-0.2, 0) is 19.0 Å². The van der Waals surface area contributed by atoms with Crippen LogP contribution in [0.1, 0.15) is 13.3 Å². The van der Waals surface area contributed by atoms with Gasteiger partial charge in [0.15, 0.2) is 5.79 Å². The molecule has 74 valence electrons. The number of hydrogen-bond acceptors (Lipinski definition) is 4. The van der Waals surface area contributed by atoms with Crippen LogP contribution in [0.3, 0.4) is 0 Å². The molecule has 13 heavy (non-hydrogen) atoms. The highest BCUT2D eigenvalue weighted by molar-refractivity contribution is 5.81. The quantitative estimate of drug-likeness (QED) is 0.484. The Morgan fingerprint density at radius 3 is 2.69 bits per heavy atom. The fraction of sp³-hybridized carbons (Fsp3) is 0.667. The number of hydrogen-bond donors (Lipinski definition) is 0. The maximum absolute atomic E-state index is 10.7. The number of rotatable bonds is 3. The highest BCUT2D eigenvalue weighted by Crippen LogP contribution is 2.22. The van der Waals surface area contributed by atoms with Gasteiger partial charge in [-0.05, 0) is 6.92 Å². The zero-order valence-corrected chi connectivity index (χ0v) is 7.91. The average Bonchev–Trinajstić information content (AvgIpc) is 2.52. The molecule has 4 heteroatoms. The first-order chi connectivity index (χ1) is 6.16. The molecule has 0 amide bonds. The van der Waals surface area contributed by atoms with Gasteiger partial charge < -0.3 is 14.2 Å². The summed E-state index contributed by atoms with van der Waals surface area (Å²) in [7, 11) is 1.34. The highest BCUT2D eigenvalue weighted by atomic mass is 16.7. The van der Waals surface area contributed by atoms with E-state index in [0.29, 0.717) is 19.6 Å². The van der Waals surface area contributed by atoms with Gasteiger partial charge >= 0.3 is 5.97 Å². The van der Waals surface area contributed by atoms with Crippen molar-refractivity contribution in [1.82, 2.24) is 0 Å². The first-order valence-corrected chi connectivity index (χ1v) is 4.19. The van der Waals surface area contributed by atoms with Gasteiger partial charge in [-0.1, -0.05) is 6.08 Å². The molecule has 4 nitrogen and oxygen atoms in total. The maximum atomic E-state index is 10.7. The van der Waals surface area contributed by atoms with Crippen molar-refractivity contribution < 1.29 is 19.0 Å². The molecule has 0 aromatic rings. The number of methoxy groups -OCH3 is 1. The summed E-state index contributed by atoms with van der Waals surface area (Å²) in [6, 6.07) is 0. The lowest BCUT2D eigenvalue weighted by Gasteiger charge is -2.19. The van der Waals surface area contributed by atoms with Crippen molar-refractivity contribution in [2.75, 3.05) is 20.3 Å². The summed E-state index contributed by atoms with van der Waals surface area (Å²) in [4.78, 5) is 10.7. The smallest absolute Gasteiger partial charge is 0.330 e. The van der Waals surface area contributed by atoms with Crippen molar-refractivity contribution in [3.8, 4) is 0 Å². The predicted octanol–water partition coefficient (Wildman–Crippen LogP) is 0.869. The van der Waals surface area contributed by atoms with Gasteiger partial charge in [0.25, 0.3) is 0 Å². The lowest BCUT2D eigenvalue weighted by molar-refractivity contribution is -0.139. The van der Waals surface area contributed by atoms with Crippen LogP contribution in [0.2, 0.25) is 0 Å². The van der Waals surface area contributed by atoms with E-state index in [0.717, 1.165) is 0 Å². The standard InChI is InChI=1S/C9H14O4/c1-9(12-6-7-13-9)5-3-4-8(10)11-2/h3-4H,5-7H2,1-2H3/b4-3+. The Bertz CT molecular complexity index is 204. The van der Waals surface area contributed by atoms with Gasteiger partial charge in [0, 0.05) is 12.5 Å². The molecular weight excluding hydrogens is 172 g/mol. The van der Waals surface area contributed by atoms with Crippen molar-refractivity contribution in [3.63, 3.8) is 0 Å². The second-order valence-corrected chi connectivity index (χ2v) is 2.96. The third-order valence-electron chi connectivity index (χ3n) is 1.84. The van der Waals surface area contributed by atoms with E-state index in [4.69, 9.17) is 9.47 Å². The molecule has 0 N–H and O–H groups in total. The Hall–Kier alpha value is -0.870. The van der Waals surface area contributed by atoms with E-state index >= 15 is 0 Å². The molecular formula is C9H14O4. The summed E-state index contributed by atoms with van der Waals surface area (Å²) in [5, 5.41) is 0. The first-order valence-electron chi connectivity index (χ1n) is 4.19. The lowest BCUT2D eigenvalue weighted by atomic mass is 10.2. The van der Waals surface area contributed by atoms with E-state index in [9.17, 15) is 4.79 Å². The fourth-order valence-corrected chi connectivity index (χ4v) is 1.11. The maximum Gasteiger partial charge on any atom is 0.330 e. The zero-order valence-electron chi connectivity index (χ0n) is 7.91. The normalized spacial score (nSPS) is 20.8. The summed E-state index contributed by atoms with van der Waals surface area (Å²) in [5.74, 6) is -0.925. The summed E-state index contributed by atoms with van der Waals surface area (Å²) >= 11 is 0. The molecule has 1 saturated heterocycles. The minimum atomic E-state index is -0.565. The summed E-state index contributed by atoms with van der Waals surface area (Å²) in [6.45, 7) is 3.08. The molecule has 0 spiro atoms. The second-order valence-electron chi connectivity index (χ2n) is 2.96. The van der Waals surface area contributed by atoms with Crippen molar-refractivity contribution in [3.05, 3.63) is 12.2 Å². The van der Waals surface area contributed by atoms with E-state index in [2.05, 4.69) is 4.74 Å². The van der Waals surface area contributed by atoms with Gasteiger partial charge in [-0.15, -0.1) is 0 Å². The highest BCUT2D eigenvalue weighted by Gasteiger charge is 2.29. The molecule has 0 saturated carbocycles. The van der Waals surface area contributed by atoms with Crippen molar-refractivity contribution in [1.29, 1.82) is 0 Å². The van der Waals surface area contributed by atoms with E-state index in [1.54, 1.807) is 6.08 Å². The van der Waals surface area contributed by atoms with Crippen LogP contribution in [0.15, 0.2) is 12.2 Å². The van der Waals surface area contributed by atoms with E-state index in [-0.39, 0.29) is 5.97 Å². The van der Waals surface area contributed by atoms with Crippen LogP contribution in [0.5, 0.6) is 0 Å². The van der Waals surface area contributed by atoms with Crippen LogP contribution in [0.25, 0.3) is 0 Å². The minimum Gasteiger partial charge on any atom is -0.466 e. The predicted molar refractivity (Wildman–Crippen MR) is 46.1 cm³/mol. The number of carbonyl (C=O) groups excluding carboxylic acids is 1. The van der Waals surface area contributed by atoms with E-state index < -0.39 is 5.79 Å². The summed E-state index contributed by atoms with van der Waals surface area (Å²) in [6.07, 6.45) is 3.62. The van der Waals surface area contributed by atoms with Crippen LogP contribution >= 0.6 is 0 Å². The molecule has 0 radical (unpaired) electrons. The summed E-state index contributed by atoms with van der Waals surface area (Å²) < 4.78 is 15.1. The monoisotopic (exact) mass is 186 g/mol. The number of esters is 1.